The smallest absolute Gasteiger partial charge is 0.339 e. The molecule has 4 aromatic rings. The number of rotatable bonds is 7. The van der Waals surface area contributed by atoms with Gasteiger partial charge in [-0.15, -0.1) is 0 Å². The second-order valence-electron chi connectivity index (χ2n) is 7.41. The Morgan fingerprint density at radius 3 is 2.37 bits per heavy atom. The van der Waals surface area contributed by atoms with Crippen molar-refractivity contribution in [1.29, 1.82) is 0 Å². The van der Waals surface area contributed by atoms with Gasteiger partial charge in [0.25, 0.3) is 5.91 Å². The molecule has 0 saturated heterocycles. The van der Waals surface area contributed by atoms with Crippen molar-refractivity contribution in [1.82, 2.24) is 15.1 Å². The van der Waals surface area contributed by atoms with E-state index in [0.717, 1.165) is 17.7 Å². The molecule has 0 aliphatic carbocycles. The minimum absolute atomic E-state index is 0.00459. The van der Waals surface area contributed by atoms with Gasteiger partial charge in [0.2, 0.25) is 17.6 Å². The van der Waals surface area contributed by atoms with Gasteiger partial charge in [0.1, 0.15) is 0 Å². The molecule has 0 spiro atoms. The number of nitrogens with one attached hydrogen (secondary N) is 2. The second kappa shape index (κ2) is 10.2. The van der Waals surface area contributed by atoms with E-state index in [1.807, 2.05) is 0 Å². The molecule has 35 heavy (non-hydrogen) atoms. The van der Waals surface area contributed by atoms with Gasteiger partial charge in [-0.3, -0.25) is 14.6 Å². The molecule has 178 valence electrons. The Kier molecular flexibility index (Phi) is 6.86. The van der Waals surface area contributed by atoms with Gasteiger partial charge in [-0.05, 0) is 48.5 Å². The summed E-state index contributed by atoms with van der Waals surface area (Å²) < 4.78 is 43.8. The lowest BCUT2D eigenvalue weighted by molar-refractivity contribution is -0.137. The zero-order valence-electron chi connectivity index (χ0n) is 18.0. The van der Waals surface area contributed by atoms with E-state index in [0.29, 0.717) is 17.4 Å². The second-order valence-corrected chi connectivity index (χ2v) is 7.41. The summed E-state index contributed by atoms with van der Waals surface area (Å²) >= 11 is 0. The van der Waals surface area contributed by atoms with Crippen molar-refractivity contribution in [3.8, 4) is 11.4 Å². The molecule has 2 aromatic carbocycles. The van der Waals surface area contributed by atoms with Crippen LogP contribution in [-0.4, -0.2) is 26.9 Å². The SMILES string of the molecule is O=C(CCc1nc(-c2ccncc2)no1)Nc1cccc(C(=O)Nc2cccc(C(F)(F)F)c2)c1. The number of carbonyl (C=O) groups is 2. The van der Waals surface area contributed by atoms with Gasteiger partial charge in [-0.1, -0.05) is 17.3 Å². The number of alkyl halides is 3. The normalized spacial score (nSPS) is 11.2. The number of anilines is 2. The van der Waals surface area contributed by atoms with E-state index in [4.69, 9.17) is 4.52 Å². The van der Waals surface area contributed by atoms with Crippen LogP contribution in [0.5, 0.6) is 0 Å². The van der Waals surface area contributed by atoms with Crippen LogP contribution in [0, 0.1) is 0 Å². The summed E-state index contributed by atoms with van der Waals surface area (Å²) in [5, 5.41) is 8.98. The number of hydrogen-bond donors (Lipinski definition) is 2. The molecule has 0 unspecified atom stereocenters. The maximum atomic E-state index is 12.9. The fourth-order valence-corrected chi connectivity index (χ4v) is 3.13. The average molecular weight is 481 g/mol. The van der Waals surface area contributed by atoms with E-state index in [1.165, 1.54) is 24.3 Å². The first kappa shape index (κ1) is 23.6. The number of benzene rings is 2. The van der Waals surface area contributed by atoms with Crippen LogP contribution < -0.4 is 10.6 Å². The minimum atomic E-state index is -4.52. The number of hydrogen-bond acceptors (Lipinski definition) is 6. The molecule has 2 amide bonds. The van der Waals surface area contributed by atoms with Crippen molar-refractivity contribution in [2.75, 3.05) is 10.6 Å². The van der Waals surface area contributed by atoms with Crippen LogP contribution in [0.1, 0.15) is 28.2 Å². The van der Waals surface area contributed by atoms with Gasteiger partial charge in [0.05, 0.1) is 5.56 Å². The molecule has 0 saturated carbocycles. The Labute approximate surface area is 197 Å². The molecule has 11 heteroatoms. The van der Waals surface area contributed by atoms with Crippen molar-refractivity contribution < 1.29 is 27.3 Å². The first-order valence-electron chi connectivity index (χ1n) is 10.4. The lowest BCUT2D eigenvalue weighted by Gasteiger charge is -2.11. The third-order valence-corrected chi connectivity index (χ3v) is 4.83. The van der Waals surface area contributed by atoms with Crippen molar-refractivity contribution in [3.63, 3.8) is 0 Å². The minimum Gasteiger partial charge on any atom is -0.339 e. The number of nitrogens with zero attached hydrogens (tertiary/aromatic N) is 3. The van der Waals surface area contributed by atoms with Crippen LogP contribution >= 0.6 is 0 Å². The van der Waals surface area contributed by atoms with Crippen molar-refractivity contribution >= 4 is 23.2 Å². The highest BCUT2D eigenvalue weighted by Gasteiger charge is 2.30. The average Bonchev–Trinajstić information content (AvgIpc) is 3.32. The van der Waals surface area contributed by atoms with Gasteiger partial charge in [-0.25, -0.2) is 0 Å². The van der Waals surface area contributed by atoms with Crippen LogP contribution in [0.4, 0.5) is 24.5 Å². The molecule has 0 aliphatic heterocycles. The van der Waals surface area contributed by atoms with Gasteiger partial charge < -0.3 is 15.2 Å². The standard InChI is InChI=1S/C24H18F3N5O3/c25-24(26,27)17-4-2-6-19(14-17)30-23(34)16-3-1-5-18(13-16)29-20(33)7-8-21-31-22(32-35-21)15-9-11-28-12-10-15/h1-6,9-14H,7-8H2,(H,29,33)(H,30,34). The number of halogens is 3. The monoisotopic (exact) mass is 481 g/mol. The fraction of sp³-hybridized carbons (Fsp3) is 0.125. The van der Waals surface area contributed by atoms with Crippen LogP contribution in [0.2, 0.25) is 0 Å². The predicted molar refractivity (Wildman–Crippen MR) is 120 cm³/mol. The van der Waals surface area contributed by atoms with Gasteiger partial charge in [0, 0.05) is 47.7 Å². The summed E-state index contributed by atoms with van der Waals surface area (Å²) in [5.41, 5.74) is 0.392. The molecule has 2 heterocycles. The highest BCUT2D eigenvalue weighted by molar-refractivity contribution is 6.05. The summed E-state index contributed by atoms with van der Waals surface area (Å²) in [7, 11) is 0. The molecule has 0 aliphatic rings. The summed E-state index contributed by atoms with van der Waals surface area (Å²) in [6.07, 6.45) is -1.05. The third-order valence-electron chi connectivity index (χ3n) is 4.83. The summed E-state index contributed by atoms with van der Waals surface area (Å²) in [6, 6.07) is 13.8. The van der Waals surface area contributed by atoms with Crippen LogP contribution in [0.3, 0.4) is 0 Å². The Bertz CT molecular complexity index is 1340. The van der Waals surface area contributed by atoms with E-state index >= 15 is 0 Å². The molecular weight excluding hydrogens is 463 g/mol. The molecule has 8 nitrogen and oxygen atoms in total. The van der Waals surface area contributed by atoms with Crippen molar-refractivity contribution in [2.45, 2.75) is 19.0 Å². The van der Waals surface area contributed by atoms with Gasteiger partial charge >= 0.3 is 6.18 Å². The molecule has 2 aromatic heterocycles. The Hall–Kier alpha value is -4.54. The summed E-state index contributed by atoms with van der Waals surface area (Å²) in [6.45, 7) is 0. The lowest BCUT2D eigenvalue weighted by Crippen LogP contribution is -2.15. The van der Waals surface area contributed by atoms with Gasteiger partial charge in [0.15, 0.2) is 0 Å². The van der Waals surface area contributed by atoms with Crippen molar-refractivity contribution in [3.05, 3.63) is 90.1 Å². The largest absolute Gasteiger partial charge is 0.416 e. The van der Waals surface area contributed by atoms with E-state index in [9.17, 15) is 22.8 Å². The zero-order chi connectivity index (χ0) is 24.8. The predicted octanol–water partition coefficient (Wildman–Crippen LogP) is 4.97. The number of pyridine rings is 1. The lowest BCUT2D eigenvalue weighted by atomic mass is 10.1. The number of amides is 2. The van der Waals surface area contributed by atoms with Gasteiger partial charge in [-0.2, -0.15) is 18.2 Å². The topological polar surface area (TPSA) is 110 Å². The maximum absolute atomic E-state index is 12.9. The highest BCUT2D eigenvalue weighted by Crippen LogP contribution is 2.30. The Morgan fingerprint density at radius 1 is 0.914 bits per heavy atom. The number of aromatic nitrogens is 3. The number of carbonyl (C=O) groups excluding carboxylic acids is 2. The Morgan fingerprint density at radius 2 is 1.63 bits per heavy atom. The van der Waals surface area contributed by atoms with Crippen molar-refractivity contribution in [2.24, 2.45) is 0 Å². The molecule has 0 radical (unpaired) electrons. The van der Waals surface area contributed by atoms with E-state index in [2.05, 4.69) is 25.8 Å². The van der Waals surface area contributed by atoms with Crippen LogP contribution in [0.15, 0.2) is 77.6 Å². The molecule has 2 N–H and O–H groups in total. The van der Waals surface area contributed by atoms with E-state index in [1.54, 1.807) is 36.7 Å². The number of aryl methyl sites for hydroxylation is 1. The maximum Gasteiger partial charge on any atom is 0.416 e. The quantitative estimate of drug-likeness (QED) is 0.386. The molecule has 0 fully saturated rings. The fourth-order valence-electron chi connectivity index (χ4n) is 3.13. The van der Waals surface area contributed by atoms with Crippen LogP contribution in [0.25, 0.3) is 11.4 Å². The third kappa shape index (κ3) is 6.28. The first-order chi connectivity index (χ1) is 16.8. The van der Waals surface area contributed by atoms with E-state index < -0.39 is 17.6 Å². The summed E-state index contributed by atoms with van der Waals surface area (Å²) in [5.74, 6) is -0.275. The molecule has 0 bridgehead atoms. The zero-order valence-corrected chi connectivity index (χ0v) is 18.0. The first-order valence-corrected chi connectivity index (χ1v) is 10.4. The molecular formula is C24H18F3N5O3. The molecule has 4 rings (SSSR count). The van der Waals surface area contributed by atoms with Crippen LogP contribution in [-0.2, 0) is 17.4 Å². The Balaban J connectivity index is 1.34. The highest BCUT2D eigenvalue weighted by atomic mass is 19.4. The molecule has 0 atom stereocenters. The summed E-state index contributed by atoms with van der Waals surface area (Å²) in [4.78, 5) is 33.0. The van der Waals surface area contributed by atoms with E-state index in [-0.39, 0.29) is 30.0 Å².